The van der Waals surface area contributed by atoms with E-state index < -0.39 is 0 Å². The summed E-state index contributed by atoms with van der Waals surface area (Å²) in [6.45, 7) is 8.35. The Balaban J connectivity index is 1.41. The number of aryl methyl sites for hydroxylation is 2. The van der Waals surface area contributed by atoms with E-state index in [9.17, 15) is 9.59 Å². The number of anilines is 5. The van der Waals surface area contributed by atoms with Crippen LogP contribution in [0.25, 0.3) is 11.0 Å². The molecule has 1 N–H and O–H groups in total. The van der Waals surface area contributed by atoms with Gasteiger partial charge in [-0.1, -0.05) is 18.7 Å². The first-order valence-corrected chi connectivity index (χ1v) is 14.6. The first kappa shape index (κ1) is 26.4. The molecule has 0 unspecified atom stereocenters. The van der Waals surface area contributed by atoms with E-state index in [2.05, 4.69) is 38.8 Å². The Morgan fingerprint density at radius 2 is 1.98 bits per heavy atom. The van der Waals surface area contributed by atoms with Gasteiger partial charge in [-0.15, -0.1) is 0 Å². The van der Waals surface area contributed by atoms with Gasteiger partial charge in [0.25, 0.3) is 11.5 Å². The third kappa shape index (κ3) is 4.44. The van der Waals surface area contributed by atoms with Crippen molar-refractivity contribution in [2.75, 3.05) is 41.8 Å². The normalized spacial score (nSPS) is 20.6. The Morgan fingerprint density at radius 3 is 2.83 bits per heavy atom. The zero-order valence-corrected chi connectivity index (χ0v) is 24.0. The van der Waals surface area contributed by atoms with Crippen molar-refractivity contribution in [3.63, 3.8) is 0 Å². The average molecular weight is 566 g/mol. The first-order chi connectivity index (χ1) is 20.4. The monoisotopic (exact) mass is 565 g/mol. The van der Waals surface area contributed by atoms with Crippen molar-refractivity contribution in [2.45, 2.75) is 51.2 Å². The van der Waals surface area contributed by atoms with Crippen molar-refractivity contribution in [1.82, 2.24) is 29.2 Å². The van der Waals surface area contributed by atoms with Crippen LogP contribution in [0.1, 0.15) is 37.3 Å². The number of hydrogen-bond acceptors (Lipinski definition) is 8. The van der Waals surface area contributed by atoms with E-state index in [1.54, 1.807) is 17.3 Å². The average Bonchev–Trinajstić information content (AvgIpc) is 3.44. The molecule has 7 rings (SSSR count). The highest BCUT2D eigenvalue weighted by atomic mass is 16.2. The molecule has 6 heterocycles. The standard InChI is InChI=1S/C31H35N9O2/c1-4-27(41)39-14-13-38(25-9-5-7-20(2)28(25)39)26-15-21-17-32-31-34-22-18-33-37(19-22)11-6-8-23-16-24(10-12-36(23)3)40(30(26)42)29(21)35-31/h4-5,7,9,15,17-19,23-24H,1,6,8,10-14,16H2,2-3H3,(H,32,34,35)/t23-,24-/m0/s1. The maximum atomic E-state index is 14.6. The van der Waals surface area contributed by atoms with Gasteiger partial charge in [0.15, 0.2) is 0 Å². The number of likely N-dealkylation sites (tertiary alicyclic amines) is 1. The van der Waals surface area contributed by atoms with Crippen LogP contribution >= 0.6 is 0 Å². The van der Waals surface area contributed by atoms with Crippen LogP contribution < -0.4 is 20.7 Å². The fraction of sp³-hybridized carbons (Fsp3) is 0.387. The van der Waals surface area contributed by atoms with E-state index in [0.717, 1.165) is 66.8 Å². The summed E-state index contributed by atoms with van der Waals surface area (Å²) in [5.74, 6) is 0.285. The lowest BCUT2D eigenvalue weighted by Crippen LogP contribution is -2.45. The number of carbonyl (C=O) groups excluding carboxylic acids is 1. The van der Waals surface area contributed by atoms with E-state index in [1.165, 1.54) is 6.08 Å². The highest BCUT2D eigenvalue weighted by Gasteiger charge is 2.33. The van der Waals surface area contributed by atoms with Gasteiger partial charge in [-0.25, -0.2) is 4.98 Å². The van der Waals surface area contributed by atoms with Gasteiger partial charge in [-0.2, -0.15) is 10.1 Å². The third-order valence-electron chi connectivity index (χ3n) is 8.97. The molecular weight excluding hydrogens is 530 g/mol. The summed E-state index contributed by atoms with van der Waals surface area (Å²) in [7, 11) is 2.18. The van der Waals surface area contributed by atoms with Gasteiger partial charge in [-0.3, -0.25) is 18.8 Å². The first-order valence-electron chi connectivity index (χ1n) is 14.6. The largest absolute Gasteiger partial charge is 0.333 e. The van der Waals surface area contributed by atoms with Crippen LogP contribution in [0, 0.1) is 6.92 Å². The number of carbonyl (C=O) groups is 1. The molecule has 1 fully saturated rings. The third-order valence-corrected chi connectivity index (χ3v) is 8.97. The molecule has 1 aromatic carbocycles. The van der Waals surface area contributed by atoms with Crippen LogP contribution in [-0.2, 0) is 11.3 Å². The molecule has 0 saturated carbocycles. The number of pyridine rings is 1. The Labute approximate surface area is 244 Å². The summed E-state index contributed by atoms with van der Waals surface area (Å²) in [4.78, 5) is 43.2. The topological polar surface area (TPSA) is 104 Å². The lowest BCUT2D eigenvalue weighted by molar-refractivity contribution is -0.114. The molecule has 11 nitrogen and oxygen atoms in total. The fourth-order valence-corrected chi connectivity index (χ4v) is 6.81. The van der Waals surface area contributed by atoms with E-state index in [1.807, 2.05) is 46.6 Å². The van der Waals surface area contributed by atoms with Crippen molar-refractivity contribution in [3.05, 3.63) is 71.4 Å². The van der Waals surface area contributed by atoms with Crippen molar-refractivity contribution in [1.29, 1.82) is 0 Å². The second-order valence-corrected chi connectivity index (χ2v) is 11.5. The molecule has 2 atom stereocenters. The van der Waals surface area contributed by atoms with Gasteiger partial charge >= 0.3 is 0 Å². The van der Waals surface area contributed by atoms with E-state index in [0.29, 0.717) is 36.4 Å². The van der Waals surface area contributed by atoms with Gasteiger partial charge < -0.3 is 20.0 Å². The van der Waals surface area contributed by atoms with Gasteiger partial charge in [0, 0.05) is 56.0 Å². The Morgan fingerprint density at radius 1 is 1.10 bits per heavy atom. The Hall–Kier alpha value is -4.51. The Bertz CT molecular complexity index is 1760. The number of fused-ring (bicyclic) bond motifs is 7. The number of amides is 1. The highest BCUT2D eigenvalue weighted by Crippen LogP contribution is 2.40. The van der Waals surface area contributed by atoms with Crippen molar-refractivity contribution >= 4 is 45.6 Å². The summed E-state index contributed by atoms with van der Waals surface area (Å²) in [5.41, 5.74) is 4.55. The molecule has 0 aliphatic carbocycles. The molecule has 3 aliphatic heterocycles. The van der Waals surface area contributed by atoms with Crippen LogP contribution in [0.5, 0.6) is 0 Å². The summed E-state index contributed by atoms with van der Waals surface area (Å²) in [6, 6.07) is 8.19. The predicted molar refractivity (Wildman–Crippen MR) is 164 cm³/mol. The minimum Gasteiger partial charge on any atom is -0.333 e. The molecule has 0 radical (unpaired) electrons. The molecular formula is C31H35N9O2. The summed E-state index contributed by atoms with van der Waals surface area (Å²) >= 11 is 0. The maximum Gasteiger partial charge on any atom is 0.276 e. The SMILES string of the molecule is C=CC(=O)N1CCN(c2cc3cnc4nc3n(c2=O)[C@H]2CCN(C)[C@@H](CCCn3cc(cn3)N4)C2)c2cccc(C)c21. The smallest absolute Gasteiger partial charge is 0.276 e. The number of rotatable bonds is 2. The lowest BCUT2D eigenvalue weighted by Gasteiger charge is -2.40. The molecule has 3 aromatic heterocycles. The molecule has 0 spiro atoms. The number of para-hydroxylation sites is 1. The number of benzene rings is 1. The van der Waals surface area contributed by atoms with Crippen molar-refractivity contribution < 1.29 is 4.79 Å². The highest BCUT2D eigenvalue weighted by molar-refractivity contribution is 6.05. The number of nitrogens with zero attached hydrogens (tertiary/aromatic N) is 8. The van der Waals surface area contributed by atoms with Crippen LogP contribution in [0.2, 0.25) is 0 Å². The van der Waals surface area contributed by atoms with Crippen LogP contribution in [-0.4, -0.2) is 67.8 Å². The number of piperidine rings is 1. The summed E-state index contributed by atoms with van der Waals surface area (Å²) in [6.07, 6.45) is 10.6. The molecule has 42 heavy (non-hydrogen) atoms. The van der Waals surface area contributed by atoms with E-state index >= 15 is 0 Å². The molecule has 1 saturated heterocycles. The van der Waals surface area contributed by atoms with Crippen LogP contribution in [0.3, 0.4) is 0 Å². The second kappa shape index (κ2) is 10.4. The summed E-state index contributed by atoms with van der Waals surface area (Å²) in [5, 5.41) is 8.58. The van der Waals surface area contributed by atoms with Crippen LogP contribution in [0.4, 0.5) is 28.7 Å². The molecule has 1 amide bonds. The molecule has 4 aromatic rings. The number of aromatic nitrogens is 5. The zero-order chi connectivity index (χ0) is 29.0. The van der Waals surface area contributed by atoms with Gasteiger partial charge in [0.1, 0.15) is 11.3 Å². The van der Waals surface area contributed by atoms with Gasteiger partial charge in [0.05, 0.1) is 23.3 Å². The molecule has 3 aliphatic rings. The van der Waals surface area contributed by atoms with Gasteiger partial charge in [-0.05, 0) is 63.4 Å². The van der Waals surface area contributed by atoms with Crippen LogP contribution in [0.15, 0.2) is 60.3 Å². The Kier molecular flexibility index (Phi) is 6.53. The maximum absolute atomic E-state index is 14.6. The predicted octanol–water partition coefficient (Wildman–Crippen LogP) is 4.14. The quantitative estimate of drug-likeness (QED) is 0.362. The van der Waals surface area contributed by atoms with E-state index in [-0.39, 0.29) is 17.5 Å². The second-order valence-electron chi connectivity index (χ2n) is 11.5. The lowest BCUT2D eigenvalue weighted by atomic mass is 9.93. The molecule has 6 bridgehead atoms. The van der Waals surface area contributed by atoms with Crippen molar-refractivity contribution in [3.8, 4) is 0 Å². The van der Waals surface area contributed by atoms with Crippen molar-refractivity contribution in [2.24, 2.45) is 0 Å². The number of nitrogens with one attached hydrogen (secondary N) is 1. The van der Waals surface area contributed by atoms with Gasteiger partial charge in [0.2, 0.25) is 5.95 Å². The fourth-order valence-electron chi connectivity index (χ4n) is 6.81. The summed E-state index contributed by atoms with van der Waals surface area (Å²) < 4.78 is 3.88. The minimum absolute atomic E-state index is 0.0000494. The van der Waals surface area contributed by atoms with E-state index in [4.69, 9.17) is 4.98 Å². The molecule has 216 valence electrons. The number of hydrogen-bond donors (Lipinski definition) is 1. The minimum atomic E-state index is -0.148. The molecule has 11 heteroatoms. The zero-order valence-electron chi connectivity index (χ0n) is 24.0.